The second-order valence-corrected chi connectivity index (χ2v) is 6.33. The van der Waals surface area contributed by atoms with Gasteiger partial charge in [0.1, 0.15) is 5.75 Å². The molecule has 0 amide bonds. The molecule has 0 saturated heterocycles. The maximum atomic E-state index is 11.8. The lowest BCUT2D eigenvalue weighted by Gasteiger charge is -2.12. The number of thiophene rings is 1. The molecular formula is C12H13O3PS. The Morgan fingerprint density at radius 1 is 1.24 bits per heavy atom. The summed E-state index contributed by atoms with van der Waals surface area (Å²) in [5.41, 5.74) is 1.07. The van der Waals surface area contributed by atoms with E-state index >= 15 is 0 Å². The molecule has 1 atom stereocenters. The Morgan fingerprint density at radius 2 is 2.00 bits per heavy atom. The van der Waals surface area contributed by atoms with Crippen LogP contribution in [0.2, 0.25) is 0 Å². The molecule has 17 heavy (non-hydrogen) atoms. The van der Waals surface area contributed by atoms with Gasteiger partial charge in [-0.05, 0) is 40.9 Å². The van der Waals surface area contributed by atoms with Gasteiger partial charge >= 0.3 is 7.60 Å². The number of hydrogen-bond donors (Lipinski definition) is 1. The first-order valence-corrected chi connectivity index (χ1v) is 7.94. The summed E-state index contributed by atoms with van der Waals surface area (Å²) in [6.45, 7) is 0. The first-order chi connectivity index (χ1) is 8.16. The molecule has 3 nitrogen and oxygen atoms in total. The van der Waals surface area contributed by atoms with Crippen molar-refractivity contribution in [3.8, 4) is 5.75 Å². The Morgan fingerprint density at radius 3 is 2.65 bits per heavy atom. The highest BCUT2D eigenvalue weighted by atomic mass is 32.1. The third kappa shape index (κ3) is 4.00. The molecule has 0 aliphatic carbocycles. The van der Waals surface area contributed by atoms with Gasteiger partial charge < -0.3 is 9.42 Å². The Kier molecular flexibility index (Phi) is 4.00. The Labute approximate surface area is 104 Å². The van der Waals surface area contributed by atoms with Crippen LogP contribution >= 0.6 is 18.9 Å². The quantitative estimate of drug-likeness (QED) is 0.843. The summed E-state index contributed by atoms with van der Waals surface area (Å²) in [6.07, 6.45) is 0.697. The van der Waals surface area contributed by atoms with E-state index in [9.17, 15) is 9.46 Å². The first-order valence-electron chi connectivity index (χ1n) is 5.23. The minimum atomic E-state index is -3.55. The minimum Gasteiger partial charge on any atom is -0.424 e. The highest BCUT2D eigenvalue weighted by Gasteiger charge is 2.20. The van der Waals surface area contributed by atoms with E-state index in [0.29, 0.717) is 12.2 Å². The summed E-state index contributed by atoms with van der Waals surface area (Å²) < 4.78 is 16.9. The molecule has 5 heteroatoms. The van der Waals surface area contributed by atoms with Gasteiger partial charge in [0.15, 0.2) is 0 Å². The van der Waals surface area contributed by atoms with Crippen molar-refractivity contribution in [2.75, 3.05) is 6.16 Å². The molecular weight excluding hydrogens is 255 g/mol. The molecule has 2 rings (SSSR count). The number of aryl methyl sites for hydroxylation is 1. The largest absolute Gasteiger partial charge is 0.424 e. The number of hydrogen-bond acceptors (Lipinski definition) is 3. The fraction of sp³-hybridized carbons (Fsp3) is 0.167. The summed E-state index contributed by atoms with van der Waals surface area (Å²) in [5, 5.41) is 3.93. The molecule has 0 fully saturated rings. The van der Waals surface area contributed by atoms with E-state index in [-0.39, 0.29) is 6.16 Å². The monoisotopic (exact) mass is 268 g/mol. The predicted molar refractivity (Wildman–Crippen MR) is 69.8 cm³/mol. The summed E-state index contributed by atoms with van der Waals surface area (Å²) in [5.74, 6) is 0.434. The molecule has 1 unspecified atom stereocenters. The van der Waals surface area contributed by atoms with Gasteiger partial charge in [0.25, 0.3) is 0 Å². The molecule has 0 spiro atoms. The van der Waals surface area contributed by atoms with Crippen LogP contribution < -0.4 is 4.52 Å². The number of benzene rings is 1. The molecule has 0 bridgehead atoms. The van der Waals surface area contributed by atoms with Gasteiger partial charge in [0.05, 0.1) is 6.16 Å². The van der Waals surface area contributed by atoms with Gasteiger partial charge in [0.2, 0.25) is 0 Å². The molecule has 0 aliphatic heterocycles. The molecule has 2 aromatic rings. The average molecular weight is 268 g/mol. The van der Waals surface area contributed by atoms with Crippen molar-refractivity contribution in [1.29, 1.82) is 0 Å². The average Bonchev–Trinajstić information content (AvgIpc) is 2.80. The lowest BCUT2D eigenvalue weighted by molar-refractivity contribution is 0.379. The van der Waals surface area contributed by atoms with Crippen LogP contribution in [-0.2, 0) is 11.0 Å². The lowest BCUT2D eigenvalue weighted by atomic mass is 10.3. The van der Waals surface area contributed by atoms with Crippen molar-refractivity contribution < 1.29 is 14.0 Å². The van der Waals surface area contributed by atoms with Gasteiger partial charge in [-0.2, -0.15) is 11.3 Å². The highest BCUT2D eigenvalue weighted by Crippen LogP contribution is 2.42. The van der Waals surface area contributed by atoms with Crippen LogP contribution in [0.4, 0.5) is 0 Å². The zero-order valence-electron chi connectivity index (χ0n) is 9.15. The van der Waals surface area contributed by atoms with Crippen LogP contribution in [0.3, 0.4) is 0 Å². The third-order valence-corrected chi connectivity index (χ3v) is 4.27. The van der Waals surface area contributed by atoms with Crippen molar-refractivity contribution in [2.45, 2.75) is 6.42 Å². The molecule has 0 aliphatic rings. The summed E-state index contributed by atoms with van der Waals surface area (Å²) in [4.78, 5) is 9.70. The van der Waals surface area contributed by atoms with Crippen LogP contribution in [0.25, 0.3) is 0 Å². The van der Waals surface area contributed by atoms with Crippen molar-refractivity contribution in [2.24, 2.45) is 0 Å². The van der Waals surface area contributed by atoms with Crippen LogP contribution in [0.1, 0.15) is 5.56 Å². The lowest BCUT2D eigenvalue weighted by Crippen LogP contribution is -1.99. The van der Waals surface area contributed by atoms with E-state index in [0.717, 1.165) is 5.56 Å². The Bertz CT molecular complexity index is 496. The smallest absolute Gasteiger partial charge is 0.376 e. The third-order valence-electron chi connectivity index (χ3n) is 2.25. The molecule has 1 N–H and O–H groups in total. The second kappa shape index (κ2) is 5.50. The summed E-state index contributed by atoms with van der Waals surface area (Å²) >= 11 is 1.58. The number of para-hydroxylation sites is 1. The SMILES string of the molecule is O=P(O)(CCc1ccsc1)Oc1ccccc1. The maximum Gasteiger partial charge on any atom is 0.376 e. The van der Waals surface area contributed by atoms with Crippen molar-refractivity contribution in [3.63, 3.8) is 0 Å². The molecule has 0 saturated carbocycles. The topological polar surface area (TPSA) is 46.5 Å². The minimum absolute atomic E-state index is 0.138. The summed E-state index contributed by atoms with van der Waals surface area (Å²) in [6, 6.07) is 10.7. The molecule has 1 heterocycles. The zero-order valence-corrected chi connectivity index (χ0v) is 10.9. The predicted octanol–water partition coefficient (Wildman–Crippen LogP) is 3.56. The zero-order chi connectivity index (χ0) is 12.1. The molecule has 90 valence electrons. The van der Waals surface area contributed by atoms with E-state index in [1.807, 2.05) is 22.9 Å². The van der Waals surface area contributed by atoms with Crippen molar-refractivity contribution in [1.82, 2.24) is 0 Å². The normalized spacial score (nSPS) is 14.2. The van der Waals surface area contributed by atoms with Gasteiger partial charge in [-0.3, -0.25) is 0 Å². The van der Waals surface area contributed by atoms with Crippen LogP contribution in [0.5, 0.6) is 5.75 Å². The fourth-order valence-electron chi connectivity index (χ4n) is 1.40. The van der Waals surface area contributed by atoms with Crippen molar-refractivity contribution >= 4 is 18.9 Å². The van der Waals surface area contributed by atoms with E-state index in [1.165, 1.54) is 0 Å². The van der Waals surface area contributed by atoms with Crippen LogP contribution in [0.15, 0.2) is 47.2 Å². The Hall–Kier alpha value is -1.09. The van der Waals surface area contributed by atoms with Gasteiger partial charge in [0, 0.05) is 0 Å². The summed E-state index contributed by atoms with van der Waals surface area (Å²) in [7, 11) is -3.55. The van der Waals surface area contributed by atoms with E-state index in [1.54, 1.807) is 35.6 Å². The van der Waals surface area contributed by atoms with E-state index < -0.39 is 7.60 Å². The molecule has 0 radical (unpaired) electrons. The molecule has 1 aromatic carbocycles. The second-order valence-electron chi connectivity index (χ2n) is 3.65. The molecule has 1 aromatic heterocycles. The maximum absolute atomic E-state index is 11.8. The van der Waals surface area contributed by atoms with E-state index in [2.05, 4.69) is 0 Å². The van der Waals surface area contributed by atoms with Gasteiger partial charge in [-0.25, -0.2) is 4.57 Å². The fourth-order valence-corrected chi connectivity index (χ4v) is 3.18. The van der Waals surface area contributed by atoms with Crippen LogP contribution in [0, 0.1) is 0 Å². The van der Waals surface area contributed by atoms with Gasteiger partial charge in [-0.1, -0.05) is 18.2 Å². The van der Waals surface area contributed by atoms with E-state index in [4.69, 9.17) is 4.52 Å². The van der Waals surface area contributed by atoms with Crippen molar-refractivity contribution in [3.05, 3.63) is 52.7 Å². The van der Waals surface area contributed by atoms with Gasteiger partial charge in [-0.15, -0.1) is 0 Å². The number of rotatable bonds is 5. The standard InChI is InChI=1S/C12H13O3PS/c13-16(14,8-6-11-7-9-17-10-11)15-12-4-2-1-3-5-12/h1-5,7,9-10H,6,8H2,(H,13,14). The first kappa shape index (κ1) is 12.4. The Balaban J connectivity index is 1.93. The van der Waals surface area contributed by atoms with Crippen LogP contribution in [-0.4, -0.2) is 11.1 Å². The highest BCUT2D eigenvalue weighted by molar-refractivity contribution is 7.53.